The lowest BCUT2D eigenvalue weighted by Gasteiger charge is -2.19. The number of thioether (sulfide) groups is 1. The lowest BCUT2D eigenvalue weighted by atomic mass is 10.0. The van der Waals surface area contributed by atoms with Gasteiger partial charge in [-0.25, -0.2) is 0 Å². The first kappa shape index (κ1) is 14.3. The monoisotopic (exact) mass is 219 g/mol. The summed E-state index contributed by atoms with van der Waals surface area (Å²) in [5, 5.41) is 12.6. The lowest BCUT2D eigenvalue weighted by molar-refractivity contribution is 0.233. The van der Waals surface area contributed by atoms with Crippen LogP contribution in [0.3, 0.4) is 0 Å². The zero-order valence-corrected chi connectivity index (χ0v) is 10.6. The highest BCUT2D eigenvalue weighted by Gasteiger charge is 2.09. The molecule has 0 aromatic heterocycles. The van der Waals surface area contributed by atoms with Crippen molar-refractivity contribution in [2.75, 3.05) is 25.2 Å². The Morgan fingerprint density at radius 1 is 1.29 bits per heavy atom. The summed E-state index contributed by atoms with van der Waals surface area (Å²) in [5.74, 6) is 1.89. The first-order valence-electron chi connectivity index (χ1n) is 5.61. The van der Waals surface area contributed by atoms with Crippen molar-refractivity contribution in [1.29, 1.82) is 0 Å². The van der Waals surface area contributed by atoms with Crippen LogP contribution < -0.4 is 5.32 Å². The molecule has 0 spiro atoms. The van der Waals surface area contributed by atoms with E-state index in [1.165, 1.54) is 12.8 Å². The molecule has 0 fully saturated rings. The molecule has 0 rings (SSSR count). The van der Waals surface area contributed by atoms with Gasteiger partial charge in [0.2, 0.25) is 0 Å². The van der Waals surface area contributed by atoms with Crippen molar-refractivity contribution in [3.8, 4) is 0 Å². The highest BCUT2D eigenvalue weighted by atomic mass is 32.2. The van der Waals surface area contributed by atoms with Crippen LogP contribution in [0.1, 0.15) is 33.1 Å². The largest absolute Gasteiger partial charge is 0.395 e. The number of nitrogens with one attached hydrogen (secondary N) is 1. The van der Waals surface area contributed by atoms with Crippen LogP contribution in [-0.2, 0) is 0 Å². The normalized spacial score (nSPS) is 13.5. The van der Waals surface area contributed by atoms with Crippen LogP contribution in [0.4, 0.5) is 0 Å². The van der Waals surface area contributed by atoms with Gasteiger partial charge >= 0.3 is 0 Å². The third-order valence-electron chi connectivity index (χ3n) is 2.74. The summed E-state index contributed by atoms with van der Waals surface area (Å²) in [6.45, 7) is 5.77. The summed E-state index contributed by atoms with van der Waals surface area (Å²) in [7, 11) is 0. The molecule has 0 aromatic carbocycles. The molecule has 0 saturated heterocycles. The number of rotatable bonds is 9. The van der Waals surface area contributed by atoms with Crippen LogP contribution in [0.15, 0.2) is 0 Å². The van der Waals surface area contributed by atoms with E-state index in [-0.39, 0.29) is 6.61 Å². The Bertz CT molecular complexity index is 118. The zero-order chi connectivity index (χ0) is 10.8. The molecule has 0 aliphatic heterocycles. The van der Waals surface area contributed by atoms with Crippen LogP contribution in [0.25, 0.3) is 0 Å². The van der Waals surface area contributed by atoms with Crippen molar-refractivity contribution in [2.24, 2.45) is 5.92 Å². The smallest absolute Gasteiger partial charge is 0.0584 e. The van der Waals surface area contributed by atoms with E-state index < -0.39 is 0 Å². The van der Waals surface area contributed by atoms with Gasteiger partial charge in [0, 0.05) is 6.04 Å². The van der Waals surface area contributed by atoms with Gasteiger partial charge in [0.05, 0.1) is 6.61 Å². The Kier molecular flexibility index (Phi) is 10.0. The highest BCUT2D eigenvalue weighted by molar-refractivity contribution is 7.98. The van der Waals surface area contributed by atoms with Gasteiger partial charge in [-0.15, -0.1) is 0 Å². The Hall–Kier alpha value is 0.270. The average molecular weight is 219 g/mol. The van der Waals surface area contributed by atoms with E-state index in [2.05, 4.69) is 25.4 Å². The molecule has 1 unspecified atom stereocenters. The summed E-state index contributed by atoms with van der Waals surface area (Å²) in [6.07, 6.45) is 5.63. The minimum Gasteiger partial charge on any atom is -0.395 e. The highest BCUT2D eigenvalue weighted by Crippen LogP contribution is 2.07. The molecule has 0 saturated carbocycles. The second-order valence-corrected chi connectivity index (χ2v) is 4.74. The molecule has 0 amide bonds. The maximum atomic E-state index is 9.14. The number of aliphatic hydroxyl groups is 1. The molecule has 3 heteroatoms. The maximum absolute atomic E-state index is 9.14. The molecular formula is C11H25NOS. The molecule has 0 aliphatic carbocycles. The van der Waals surface area contributed by atoms with Gasteiger partial charge in [0.25, 0.3) is 0 Å². The van der Waals surface area contributed by atoms with E-state index in [0.29, 0.717) is 6.04 Å². The molecular weight excluding hydrogens is 194 g/mol. The van der Waals surface area contributed by atoms with Crippen molar-refractivity contribution in [2.45, 2.75) is 39.2 Å². The molecule has 86 valence electrons. The predicted molar refractivity (Wildman–Crippen MR) is 65.9 cm³/mol. The number of hydrogen-bond acceptors (Lipinski definition) is 3. The van der Waals surface area contributed by atoms with Gasteiger partial charge in [-0.3, -0.25) is 0 Å². The van der Waals surface area contributed by atoms with E-state index >= 15 is 0 Å². The first-order chi connectivity index (χ1) is 6.78. The second kappa shape index (κ2) is 9.81. The Morgan fingerprint density at radius 3 is 2.36 bits per heavy atom. The van der Waals surface area contributed by atoms with E-state index in [1.807, 2.05) is 11.8 Å². The van der Waals surface area contributed by atoms with Gasteiger partial charge in [-0.1, -0.05) is 26.7 Å². The predicted octanol–water partition coefficient (Wildman–Crippen LogP) is 2.13. The van der Waals surface area contributed by atoms with Crippen LogP contribution in [0.2, 0.25) is 0 Å². The van der Waals surface area contributed by atoms with E-state index in [9.17, 15) is 0 Å². The summed E-state index contributed by atoms with van der Waals surface area (Å²) in [6, 6.07) is 0.294. The first-order valence-corrected chi connectivity index (χ1v) is 7.00. The summed E-state index contributed by atoms with van der Waals surface area (Å²) >= 11 is 1.84. The second-order valence-electron chi connectivity index (χ2n) is 3.75. The fourth-order valence-corrected chi connectivity index (χ4v) is 1.95. The minimum atomic E-state index is 0.265. The van der Waals surface area contributed by atoms with E-state index in [1.54, 1.807) is 0 Å². The fraction of sp³-hybridized carbons (Fsp3) is 1.00. The van der Waals surface area contributed by atoms with E-state index in [4.69, 9.17) is 5.11 Å². The minimum absolute atomic E-state index is 0.265. The molecule has 14 heavy (non-hydrogen) atoms. The van der Waals surface area contributed by atoms with Gasteiger partial charge in [0.1, 0.15) is 0 Å². The standard InChI is InChI=1S/C11H25NOS/c1-4-10(5-2)8-12-11(9-13)6-7-14-3/h10-13H,4-9H2,1-3H3. The quantitative estimate of drug-likeness (QED) is 0.623. The molecule has 0 radical (unpaired) electrons. The maximum Gasteiger partial charge on any atom is 0.0584 e. The molecule has 2 nitrogen and oxygen atoms in total. The lowest BCUT2D eigenvalue weighted by Crippen LogP contribution is -2.36. The van der Waals surface area contributed by atoms with Gasteiger partial charge in [-0.05, 0) is 30.9 Å². The number of hydrogen-bond donors (Lipinski definition) is 2. The van der Waals surface area contributed by atoms with Crippen LogP contribution in [0, 0.1) is 5.92 Å². The van der Waals surface area contributed by atoms with Crippen molar-refractivity contribution in [1.82, 2.24) is 5.32 Å². The molecule has 0 heterocycles. The van der Waals surface area contributed by atoms with Crippen molar-refractivity contribution in [3.05, 3.63) is 0 Å². The molecule has 0 aliphatic rings. The van der Waals surface area contributed by atoms with Gasteiger partial charge in [0.15, 0.2) is 0 Å². The Balaban J connectivity index is 3.59. The van der Waals surface area contributed by atoms with Crippen molar-refractivity contribution >= 4 is 11.8 Å². The average Bonchev–Trinajstić information content (AvgIpc) is 2.23. The third-order valence-corrected chi connectivity index (χ3v) is 3.38. The van der Waals surface area contributed by atoms with Gasteiger partial charge in [-0.2, -0.15) is 11.8 Å². The SMILES string of the molecule is CCC(CC)CNC(CO)CCSC. The summed E-state index contributed by atoms with van der Waals surface area (Å²) < 4.78 is 0. The Labute approximate surface area is 92.9 Å². The van der Waals surface area contributed by atoms with Crippen LogP contribution in [-0.4, -0.2) is 36.3 Å². The molecule has 0 aromatic rings. The topological polar surface area (TPSA) is 32.3 Å². The Morgan fingerprint density at radius 2 is 1.93 bits per heavy atom. The van der Waals surface area contributed by atoms with Crippen molar-refractivity contribution in [3.63, 3.8) is 0 Å². The molecule has 1 atom stereocenters. The number of aliphatic hydroxyl groups excluding tert-OH is 1. The van der Waals surface area contributed by atoms with Crippen LogP contribution >= 0.6 is 11.8 Å². The fourth-order valence-electron chi connectivity index (χ4n) is 1.43. The van der Waals surface area contributed by atoms with Crippen LogP contribution in [0.5, 0.6) is 0 Å². The summed E-state index contributed by atoms with van der Waals surface area (Å²) in [4.78, 5) is 0. The molecule has 0 bridgehead atoms. The zero-order valence-electron chi connectivity index (χ0n) is 9.75. The molecule has 2 N–H and O–H groups in total. The third kappa shape index (κ3) is 6.68. The summed E-state index contributed by atoms with van der Waals surface area (Å²) in [5.41, 5.74) is 0. The van der Waals surface area contributed by atoms with Crippen molar-refractivity contribution < 1.29 is 5.11 Å². The van der Waals surface area contributed by atoms with E-state index in [0.717, 1.165) is 24.6 Å². The van der Waals surface area contributed by atoms with Gasteiger partial charge < -0.3 is 10.4 Å².